The van der Waals surface area contributed by atoms with Crippen LogP contribution in [0.2, 0.25) is 0 Å². The summed E-state index contributed by atoms with van der Waals surface area (Å²) in [7, 11) is -4.78. The lowest BCUT2D eigenvalue weighted by Gasteiger charge is -2.34. The van der Waals surface area contributed by atoms with Crippen LogP contribution in [0, 0.1) is 0 Å². The summed E-state index contributed by atoms with van der Waals surface area (Å²) in [5.41, 5.74) is 12.7. The number of ketones is 1. The number of Topliss-reactive ketones (excluding diaryl/α,β-unsaturated/α-hetero) is 1. The standard InChI is InChI=1S/C24H29N3O5S/c1-3-17(23(28)18(26)10-8-9-15-25)16(2)24(33(29,30)31)27-19-11-4-6-13-21(19)32-22-14-7-5-12-20(22)27/h3-7,11-14,18H,8-10,15,25-26H2,1-2H3,(H,29,30,31)/t18-/m0/s1. The summed E-state index contributed by atoms with van der Waals surface area (Å²) in [4.78, 5) is 14.5. The van der Waals surface area contributed by atoms with Crippen molar-refractivity contribution in [1.29, 1.82) is 0 Å². The van der Waals surface area contributed by atoms with E-state index in [-0.39, 0.29) is 11.1 Å². The summed E-state index contributed by atoms with van der Waals surface area (Å²) in [6, 6.07) is 12.9. The lowest BCUT2D eigenvalue weighted by Crippen LogP contribution is -2.34. The highest BCUT2D eigenvalue weighted by Crippen LogP contribution is 2.49. The average molecular weight is 472 g/mol. The monoisotopic (exact) mass is 471 g/mol. The second-order valence-electron chi connectivity index (χ2n) is 7.74. The number of allylic oxidation sites excluding steroid dienone is 2. The SMILES string of the molecule is CC=C(C(=O)[C@@H](N)CCCCN)C(C)=C(N1c2ccccc2Oc2ccccc21)S(=O)(=O)O. The fourth-order valence-electron chi connectivity index (χ4n) is 3.90. The topological polar surface area (TPSA) is 136 Å². The van der Waals surface area contributed by atoms with E-state index in [2.05, 4.69) is 0 Å². The molecule has 33 heavy (non-hydrogen) atoms. The van der Waals surface area contributed by atoms with Gasteiger partial charge < -0.3 is 16.2 Å². The third-order valence-electron chi connectivity index (χ3n) is 5.46. The number of hydrogen-bond acceptors (Lipinski definition) is 7. The van der Waals surface area contributed by atoms with Crippen molar-refractivity contribution in [2.45, 2.75) is 39.2 Å². The number of para-hydroxylation sites is 4. The molecule has 0 radical (unpaired) electrons. The van der Waals surface area contributed by atoms with E-state index in [1.165, 1.54) is 17.9 Å². The Morgan fingerprint density at radius 2 is 1.64 bits per heavy atom. The van der Waals surface area contributed by atoms with Crippen molar-refractivity contribution in [2.75, 3.05) is 11.4 Å². The van der Waals surface area contributed by atoms with Gasteiger partial charge in [0.25, 0.3) is 0 Å². The number of carbonyl (C=O) groups excluding carboxylic acids is 1. The van der Waals surface area contributed by atoms with E-state index in [0.29, 0.717) is 42.3 Å². The van der Waals surface area contributed by atoms with Gasteiger partial charge in [-0.3, -0.25) is 14.2 Å². The van der Waals surface area contributed by atoms with Crippen molar-refractivity contribution >= 4 is 27.3 Å². The predicted molar refractivity (Wildman–Crippen MR) is 129 cm³/mol. The molecule has 176 valence electrons. The lowest BCUT2D eigenvalue weighted by molar-refractivity contribution is -0.116. The molecule has 0 saturated heterocycles. The van der Waals surface area contributed by atoms with Gasteiger partial charge in [-0.15, -0.1) is 0 Å². The Kier molecular flexibility index (Phi) is 7.70. The molecule has 0 unspecified atom stereocenters. The summed E-state index contributed by atoms with van der Waals surface area (Å²) in [5, 5.41) is -0.429. The molecule has 1 aliphatic heterocycles. The van der Waals surface area contributed by atoms with Crippen molar-refractivity contribution in [1.82, 2.24) is 0 Å². The minimum Gasteiger partial charge on any atom is -0.453 e. The summed E-state index contributed by atoms with van der Waals surface area (Å²) < 4.78 is 41.8. The fourth-order valence-corrected chi connectivity index (χ4v) is 4.82. The Morgan fingerprint density at radius 1 is 1.09 bits per heavy atom. The Morgan fingerprint density at radius 3 is 2.12 bits per heavy atom. The van der Waals surface area contributed by atoms with Crippen molar-refractivity contribution < 1.29 is 22.5 Å². The number of nitrogens with two attached hydrogens (primary N) is 2. The lowest BCUT2D eigenvalue weighted by atomic mass is 9.95. The summed E-state index contributed by atoms with van der Waals surface area (Å²) >= 11 is 0. The highest BCUT2D eigenvalue weighted by atomic mass is 32.2. The van der Waals surface area contributed by atoms with Gasteiger partial charge in [-0.1, -0.05) is 36.8 Å². The quantitative estimate of drug-likeness (QED) is 0.216. The molecule has 0 aliphatic carbocycles. The Bertz CT molecular complexity index is 1160. The average Bonchev–Trinajstić information content (AvgIpc) is 2.78. The van der Waals surface area contributed by atoms with Crippen LogP contribution in [0.5, 0.6) is 11.5 Å². The number of rotatable bonds is 9. The first-order valence-corrected chi connectivity index (χ1v) is 12.2. The minimum absolute atomic E-state index is 0.0887. The molecule has 1 heterocycles. The summed E-state index contributed by atoms with van der Waals surface area (Å²) in [6.45, 7) is 3.62. The number of ether oxygens (including phenoxy) is 1. The minimum atomic E-state index is -4.78. The van der Waals surface area contributed by atoms with Crippen LogP contribution >= 0.6 is 0 Å². The molecule has 0 saturated carbocycles. The smallest absolute Gasteiger partial charge is 0.310 e. The Balaban J connectivity index is 2.18. The number of benzene rings is 2. The van der Waals surface area contributed by atoms with Gasteiger partial charge in [0.2, 0.25) is 0 Å². The first-order chi connectivity index (χ1) is 15.7. The molecule has 9 heteroatoms. The van der Waals surface area contributed by atoms with Crippen LogP contribution in [0.25, 0.3) is 0 Å². The van der Waals surface area contributed by atoms with Crippen molar-refractivity contribution in [3.63, 3.8) is 0 Å². The van der Waals surface area contributed by atoms with Gasteiger partial charge in [0.1, 0.15) is 0 Å². The fraction of sp³-hybridized carbons (Fsp3) is 0.292. The number of hydrogen-bond donors (Lipinski definition) is 3. The molecule has 1 atom stereocenters. The normalized spacial score (nSPS) is 15.2. The Hall–Kier alpha value is -2.98. The van der Waals surface area contributed by atoms with Gasteiger partial charge in [-0.05, 0) is 63.1 Å². The number of fused-ring (bicyclic) bond motifs is 2. The molecule has 0 amide bonds. The molecule has 2 aromatic rings. The van der Waals surface area contributed by atoms with Gasteiger partial charge >= 0.3 is 10.1 Å². The highest BCUT2D eigenvalue weighted by molar-refractivity contribution is 7.90. The van der Waals surface area contributed by atoms with Gasteiger partial charge in [0.15, 0.2) is 22.3 Å². The van der Waals surface area contributed by atoms with E-state index in [9.17, 15) is 17.8 Å². The number of anilines is 2. The molecule has 2 aromatic carbocycles. The molecule has 0 bridgehead atoms. The molecular weight excluding hydrogens is 442 g/mol. The zero-order valence-corrected chi connectivity index (χ0v) is 19.5. The van der Waals surface area contributed by atoms with Crippen LogP contribution in [-0.2, 0) is 14.9 Å². The molecule has 3 rings (SSSR count). The first-order valence-electron chi connectivity index (χ1n) is 10.7. The molecule has 0 fully saturated rings. The number of carbonyl (C=O) groups is 1. The molecule has 1 aliphatic rings. The van der Waals surface area contributed by atoms with E-state index in [1.54, 1.807) is 55.5 Å². The maximum absolute atomic E-state index is 13.1. The zero-order chi connectivity index (χ0) is 24.2. The number of nitrogens with zero attached hydrogens (tertiary/aromatic N) is 1. The zero-order valence-electron chi connectivity index (χ0n) is 18.7. The van der Waals surface area contributed by atoms with E-state index in [1.807, 2.05) is 0 Å². The molecular formula is C24H29N3O5S. The van der Waals surface area contributed by atoms with E-state index in [0.717, 1.165) is 6.42 Å². The second kappa shape index (κ2) is 10.3. The van der Waals surface area contributed by atoms with Crippen LogP contribution in [0.1, 0.15) is 33.1 Å². The van der Waals surface area contributed by atoms with Crippen molar-refractivity contribution in [3.8, 4) is 11.5 Å². The van der Waals surface area contributed by atoms with Crippen molar-refractivity contribution in [3.05, 3.63) is 70.8 Å². The maximum atomic E-state index is 13.1. The Labute approximate surface area is 194 Å². The number of unbranched alkanes of at least 4 members (excludes halogenated alkanes) is 1. The van der Waals surface area contributed by atoms with Crippen LogP contribution in [0.4, 0.5) is 11.4 Å². The molecule has 0 aromatic heterocycles. The molecule has 8 nitrogen and oxygen atoms in total. The summed E-state index contributed by atoms with van der Waals surface area (Å²) in [6.07, 6.45) is 3.35. The maximum Gasteiger partial charge on any atom is 0.310 e. The van der Waals surface area contributed by atoms with Gasteiger partial charge in [0, 0.05) is 5.57 Å². The largest absolute Gasteiger partial charge is 0.453 e. The van der Waals surface area contributed by atoms with Crippen LogP contribution in [0.15, 0.2) is 70.8 Å². The highest BCUT2D eigenvalue weighted by Gasteiger charge is 2.35. The van der Waals surface area contributed by atoms with Crippen LogP contribution in [0.3, 0.4) is 0 Å². The predicted octanol–water partition coefficient (Wildman–Crippen LogP) is 4.02. The van der Waals surface area contributed by atoms with Crippen LogP contribution < -0.4 is 21.1 Å². The van der Waals surface area contributed by atoms with Crippen LogP contribution in [-0.4, -0.2) is 31.3 Å². The van der Waals surface area contributed by atoms with Gasteiger partial charge in [-0.25, -0.2) is 0 Å². The van der Waals surface area contributed by atoms with Gasteiger partial charge in [-0.2, -0.15) is 8.42 Å². The third kappa shape index (κ3) is 5.17. The van der Waals surface area contributed by atoms with E-state index >= 15 is 0 Å². The van der Waals surface area contributed by atoms with Gasteiger partial charge in [0.05, 0.1) is 17.4 Å². The molecule has 5 N–H and O–H groups in total. The first kappa shape index (κ1) is 24.7. The third-order valence-corrected chi connectivity index (χ3v) is 6.44. The summed E-state index contributed by atoms with van der Waals surface area (Å²) in [5.74, 6) is 0.428. The molecule has 0 spiro atoms. The van der Waals surface area contributed by atoms with E-state index in [4.69, 9.17) is 16.2 Å². The van der Waals surface area contributed by atoms with Crippen molar-refractivity contribution in [2.24, 2.45) is 11.5 Å². The second-order valence-corrected chi connectivity index (χ2v) is 9.07. The van der Waals surface area contributed by atoms with E-state index < -0.39 is 27.0 Å².